The van der Waals surface area contributed by atoms with Crippen molar-refractivity contribution in [3.05, 3.63) is 41.9 Å². The summed E-state index contributed by atoms with van der Waals surface area (Å²) in [6, 6.07) is 6.00. The van der Waals surface area contributed by atoms with Crippen molar-refractivity contribution in [1.82, 2.24) is 15.3 Å². The van der Waals surface area contributed by atoms with Gasteiger partial charge in [-0.1, -0.05) is 50.7 Å². The van der Waals surface area contributed by atoms with Crippen molar-refractivity contribution >= 4 is 0 Å². The van der Waals surface area contributed by atoms with Gasteiger partial charge in [-0.25, -0.2) is 4.98 Å². The molecule has 2 aromatic rings. The van der Waals surface area contributed by atoms with Crippen LogP contribution in [-0.2, 0) is 6.18 Å². The normalized spacial score (nSPS) is 20.7. The highest BCUT2D eigenvalue weighted by molar-refractivity contribution is 5.59. The summed E-state index contributed by atoms with van der Waals surface area (Å²) < 4.78 is 38.5. The maximum absolute atomic E-state index is 12.8. The van der Waals surface area contributed by atoms with Crippen LogP contribution in [0.25, 0.3) is 11.3 Å². The van der Waals surface area contributed by atoms with E-state index in [0.29, 0.717) is 23.2 Å². The predicted molar refractivity (Wildman–Crippen MR) is 108 cm³/mol. The number of alkyl halides is 3. The zero-order valence-corrected chi connectivity index (χ0v) is 16.8. The lowest BCUT2D eigenvalue weighted by molar-refractivity contribution is -0.137. The Morgan fingerprint density at radius 3 is 2.14 bits per heavy atom. The van der Waals surface area contributed by atoms with Crippen molar-refractivity contribution in [3.8, 4) is 11.3 Å². The van der Waals surface area contributed by atoms with Crippen molar-refractivity contribution in [2.75, 3.05) is 0 Å². The summed E-state index contributed by atoms with van der Waals surface area (Å²) in [6.45, 7) is 0. The van der Waals surface area contributed by atoms with Gasteiger partial charge in [0, 0.05) is 17.8 Å². The standard InChI is InChI=1S/C23H30F3N3/c24-23(25,26)18-13-11-16(12-14-18)20-15-27-22(29-20)21(17-7-3-1-4-8-17)28-19-9-5-2-6-10-19/h11-15,17,19,21,28H,1-10H2,(H,27,29)/t21-/m0/s1. The van der Waals surface area contributed by atoms with E-state index in [1.165, 1.54) is 76.3 Å². The maximum atomic E-state index is 12.8. The summed E-state index contributed by atoms with van der Waals surface area (Å²) in [5, 5.41) is 3.89. The third-order valence-electron chi connectivity index (χ3n) is 6.54. The van der Waals surface area contributed by atoms with E-state index in [2.05, 4.69) is 10.3 Å². The van der Waals surface area contributed by atoms with E-state index in [4.69, 9.17) is 4.98 Å². The van der Waals surface area contributed by atoms with E-state index in [-0.39, 0.29) is 6.04 Å². The number of rotatable bonds is 5. The minimum atomic E-state index is -4.31. The average molecular weight is 406 g/mol. The topological polar surface area (TPSA) is 40.7 Å². The number of hydrogen-bond donors (Lipinski definition) is 2. The fourth-order valence-corrected chi connectivity index (χ4v) is 4.90. The van der Waals surface area contributed by atoms with Crippen LogP contribution in [0.15, 0.2) is 30.5 Å². The zero-order chi connectivity index (χ0) is 20.3. The smallest absolute Gasteiger partial charge is 0.347 e. The molecule has 0 radical (unpaired) electrons. The first-order valence-electron chi connectivity index (χ1n) is 11.0. The second kappa shape index (κ2) is 8.90. The molecular weight excluding hydrogens is 375 g/mol. The highest BCUT2D eigenvalue weighted by Gasteiger charge is 2.31. The first-order valence-corrected chi connectivity index (χ1v) is 11.0. The lowest BCUT2D eigenvalue weighted by Gasteiger charge is -2.34. The van der Waals surface area contributed by atoms with Crippen LogP contribution in [-0.4, -0.2) is 16.0 Å². The monoisotopic (exact) mass is 405 g/mol. The Kier molecular flexibility index (Phi) is 6.28. The van der Waals surface area contributed by atoms with Gasteiger partial charge in [-0.05, 0) is 43.7 Å². The minimum absolute atomic E-state index is 0.196. The molecular formula is C23H30F3N3. The Morgan fingerprint density at radius 1 is 0.897 bits per heavy atom. The van der Waals surface area contributed by atoms with Crippen molar-refractivity contribution in [2.45, 2.75) is 82.5 Å². The fourth-order valence-electron chi connectivity index (χ4n) is 4.90. The molecule has 2 aliphatic carbocycles. The van der Waals surface area contributed by atoms with E-state index < -0.39 is 11.7 Å². The molecule has 1 atom stereocenters. The van der Waals surface area contributed by atoms with Gasteiger partial charge < -0.3 is 10.3 Å². The fraction of sp³-hybridized carbons (Fsp3) is 0.609. The number of aromatic amines is 1. The molecule has 0 unspecified atom stereocenters. The highest BCUT2D eigenvalue weighted by Crippen LogP contribution is 2.36. The molecule has 6 heteroatoms. The van der Waals surface area contributed by atoms with E-state index in [9.17, 15) is 13.2 Å². The van der Waals surface area contributed by atoms with Gasteiger partial charge in [-0.3, -0.25) is 0 Å². The molecule has 1 aromatic carbocycles. The number of nitrogens with one attached hydrogen (secondary N) is 2. The Balaban J connectivity index is 1.54. The van der Waals surface area contributed by atoms with Crippen molar-refractivity contribution in [2.24, 2.45) is 5.92 Å². The lowest BCUT2D eigenvalue weighted by atomic mass is 9.82. The quantitative estimate of drug-likeness (QED) is 0.585. The molecule has 0 saturated heterocycles. The number of benzene rings is 1. The van der Waals surface area contributed by atoms with Crippen molar-refractivity contribution < 1.29 is 13.2 Å². The van der Waals surface area contributed by atoms with E-state index >= 15 is 0 Å². The molecule has 1 aromatic heterocycles. The molecule has 0 aliphatic heterocycles. The number of halogens is 3. The molecule has 0 bridgehead atoms. The summed E-state index contributed by atoms with van der Waals surface area (Å²) in [5.74, 6) is 1.50. The van der Waals surface area contributed by atoms with Gasteiger partial charge >= 0.3 is 6.18 Å². The predicted octanol–water partition coefficient (Wildman–Crippen LogP) is 6.64. The Hall–Kier alpha value is -1.82. The molecule has 3 nitrogen and oxygen atoms in total. The van der Waals surface area contributed by atoms with Crippen LogP contribution in [0.5, 0.6) is 0 Å². The van der Waals surface area contributed by atoms with Gasteiger partial charge in [-0.15, -0.1) is 0 Å². The molecule has 29 heavy (non-hydrogen) atoms. The molecule has 2 N–H and O–H groups in total. The number of hydrogen-bond acceptors (Lipinski definition) is 2. The number of aromatic nitrogens is 2. The molecule has 0 amide bonds. The summed E-state index contributed by atoms with van der Waals surface area (Å²) in [4.78, 5) is 8.15. The number of imidazole rings is 1. The second-order valence-electron chi connectivity index (χ2n) is 8.62. The van der Waals surface area contributed by atoms with Crippen LogP contribution in [0.1, 0.15) is 81.6 Å². The maximum Gasteiger partial charge on any atom is 0.416 e. The minimum Gasteiger partial charge on any atom is -0.347 e. The zero-order valence-electron chi connectivity index (χ0n) is 16.8. The molecule has 2 fully saturated rings. The summed E-state index contributed by atoms with van der Waals surface area (Å²) in [6.07, 6.45) is 10.1. The van der Waals surface area contributed by atoms with Gasteiger partial charge in [-0.2, -0.15) is 13.2 Å². The van der Waals surface area contributed by atoms with Crippen LogP contribution in [0.4, 0.5) is 13.2 Å². The van der Waals surface area contributed by atoms with Crippen LogP contribution >= 0.6 is 0 Å². The van der Waals surface area contributed by atoms with Gasteiger partial charge in [0.15, 0.2) is 0 Å². The molecule has 2 saturated carbocycles. The largest absolute Gasteiger partial charge is 0.416 e. The van der Waals surface area contributed by atoms with E-state index in [1.807, 2.05) is 6.20 Å². The summed E-state index contributed by atoms with van der Waals surface area (Å²) in [5.41, 5.74) is 0.789. The Labute approximate surface area is 170 Å². The van der Waals surface area contributed by atoms with Gasteiger partial charge in [0.25, 0.3) is 0 Å². The van der Waals surface area contributed by atoms with Gasteiger partial charge in [0.2, 0.25) is 0 Å². The van der Waals surface area contributed by atoms with E-state index in [1.54, 1.807) is 0 Å². The molecule has 0 spiro atoms. The van der Waals surface area contributed by atoms with Crippen LogP contribution in [0.3, 0.4) is 0 Å². The highest BCUT2D eigenvalue weighted by atomic mass is 19.4. The molecule has 1 heterocycles. The second-order valence-corrected chi connectivity index (χ2v) is 8.62. The van der Waals surface area contributed by atoms with Crippen molar-refractivity contribution in [1.29, 1.82) is 0 Å². The van der Waals surface area contributed by atoms with Gasteiger partial charge in [0.05, 0.1) is 17.3 Å². The van der Waals surface area contributed by atoms with Gasteiger partial charge in [0.1, 0.15) is 5.82 Å². The van der Waals surface area contributed by atoms with Crippen LogP contribution in [0.2, 0.25) is 0 Å². The lowest BCUT2D eigenvalue weighted by Crippen LogP contribution is -2.39. The third kappa shape index (κ3) is 5.03. The number of H-pyrrole nitrogens is 1. The molecule has 2 aliphatic rings. The molecule has 4 rings (SSSR count). The summed E-state index contributed by atoms with van der Waals surface area (Å²) >= 11 is 0. The first-order chi connectivity index (χ1) is 14.0. The number of nitrogens with zero attached hydrogens (tertiary/aromatic N) is 1. The van der Waals surface area contributed by atoms with Crippen LogP contribution in [0, 0.1) is 5.92 Å². The Bertz CT molecular complexity index is 769. The SMILES string of the molecule is FC(F)(F)c1ccc(-c2c[nH]c([C@@H](NC3CCCCC3)C3CCCCC3)n2)cc1. The van der Waals surface area contributed by atoms with Crippen LogP contribution < -0.4 is 5.32 Å². The summed E-state index contributed by atoms with van der Waals surface area (Å²) in [7, 11) is 0. The average Bonchev–Trinajstić information content (AvgIpc) is 3.23. The molecule has 158 valence electrons. The third-order valence-corrected chi connectivity index (χ3v) is 6.54. The van der Waals surface area contributed by atoms with Crippen molar-refractivity contribution in [3.63, 3.8) is 0 Å². The van der Waals surface area contributed by atoms with E-state index in [0.717, 1.165) is 18.0 Å². The first kappa shape index (κ1) is 20.5. The Morgan fingerprint density at radius 2 is 1.52 bits per heavy atom.